The van der Waals surface area contributed by atoms with Gasteiger partial charge in [0.2, 0.25) is 0 Å². The molecule has 1 aromatic carbocycles. The van der Waals surface area contributed by atoms with Gasteiger partial charge in [-0.3, -0.25) is 14.0 Å². The number of hydrogen-bond acceptors (Lipinski definition) is 3. The fourth-order valence-corrected chi connectivity index (χ4v) is 2.88. The molecule has 3 heterocycles. The normalized spacial score (nSPS) is 10.6. The second-order valence-corrected chi connectivity index (χ2v) is 5.77. The summed E-state index contributed by atoms with van der Waals surface area (Å²) in [6.45, 7) is 0. The highest BCUT2D eigenvalue weighted by molar-refractivity contribution is 6.05. The van der Waals surface area contributed by atoms with Crippen molar-refractivity contribution >= 4 is 17.2 Å². The van der Waals surface area contributed by atoms with E-state index < -0.39 is 5.91 Å². The number of hydrogen-bond donors (Lipinski definition) is 1. The van der Waals surface area contributed by atoms with Crippen LogP contribution in [0.1, 0.15) is 10.4 Å². The van der Waals surface area contributed by atoms with Crippen molar-refractivity contribution in [3.05, 3.63) is 101 Å². The molecule has 0 fully saturated rings. The molecule has 0 saturated heterocycles. The molecule has 1 amide bonds. The number of nitrogens with one attached hydrogen (secondary N) is 1. The van der Waals surface area contributed by atoms with Gasteiger partial charge in [-0.15, -0.1) is 0 Å². The molecule has 4 rings (SSSR count). The van der Waals surface area contributed by atoms with Crippen molar-refractivity contribution in [2.75, 3.05) is 5.32 Å². The van der Waals surface area contributed by atoms with Gasteiger partial charge in [0, 0.05) is 18.0 Å². The molecule has 0 unspecified atom stereocenters. The minimum Gasteiger partial charge on any atom is -0.306 e. The van der Waals surface area contributed by atoms with Crippen molar-refractivity contribution in [3.63, 3.8) is 0 Å². The summed E-state index contributed by atoms with van der Waals surface area (Å²) in [6.07, 6.45) is 3.25. The van der Waals surface area contributed by atoms with Gasteiger partial charge in [-0.1, -0.05) is 42.5 Å². The van der Waals surface area contributed by atoms with E-state index in [0.717, 1.165) is 16.6 Å². The highest BCUT2D eigenvalue weighted by atomic mass is 16.2. The third-order valence-electron chi connectivity index (χ3n) is 4.11. The lowest BCUT2D eigenvalue weighted by Crippen LogP contribution is -2.26. The molecule has 0 atom stereocenters. The lowest BCUT2D eigenvalue weighted by molar-refractivity contribution is 0.102. The number of amides is 1. The first-order valence-corrected chi connectivity index (χ1v) is 8.16. The SMILES string of the molecule is O=C(Nc1ccccn1)c1cc(-c2ccccc2)c2ccccn2c1=O. The molecule has 3 aromatic heterocycles. The third kappa shape index (κ3) is 2.86. The monoisotopic (exact) mass is 341 g/mol. The van der Waals surface area contributed by atoms with E-state index in [1.807, 2.05) is 42.5 Å². The van der Waals surface area contributed by atoms with E-state index >= 15 is 0 Å². The van der Waals surface area contributed by atoms with Gasteiger partial charge in [-0.05, 0) is 35.9 Å². The molecule has 5 heteroatoms. The maximum absolute atomic E-state index is 12.8. The van der Waals surface area contributed by atoms with Crippen LogP contribution in [0.2, 0.25) is 0 Å². The molecule has 4 aromatic rings. The summed E-state index contributed by atoms with van der Waals surface area (Å²) in [6, 6.07) is 22.0. The number of benzene rings is 1. The Bertz CT molecular complexity index is 1140. The first kappa shape index (κ1) is 15.8. The van der Waals surface area contributed by atoms with Crippen LogP contribution < -0.4 is 10.9 Å². The van der Waals surface area contributed by atoms with E-state index in [1.54, 1.807) is 42.7 Å². The average Bonchev–Trinajstić information content (AvgIpc) is 2.70. The van der Waals surface area contributed by atoms with Crippen LogP contribution in [0.15, 0.2) is 90.0 Å². The molecule has 0 bridgehead atoms. The van der Waals surface area contributed by atoms with Gasteiger partial charge in [0.05, 0.1) is 5.52 Å². The average molecular weight is 341 g/mol. The number of rotatable bonds is 3. The zero-order chi connectivity index (χ0) is 17.9. The molecule has 1 N–H and O–H groups in total. The van der Waals surface area contributed by atoms with Gasteiger partial charge >= 0.3 is 0 Å². The molecule has 26 heavy (non-hydrogen) atoms. The van der Waals surface area contributed by atoms with E-state index in [1.165, 1.54) is 4.40 Å². The van der Waals surface area contributed by atoms with Crippen LogP contribution in [0.4, 0.5) is 5.82 Å². The van der Waals surface area contributed by atoms with Crippen molar-refractivity contribution in [1.82, 2.24) is 9.38 Å². The second-order valence-electron chi connectivity index (χ2n) is 5.77. The van der Waals surface area contributed by atoms with E-state index in [0.29, 0.717) is 5.82 Å². The fraction of sp³-hybridized carbons (Fsp3) is 0. The first-order chi connectivity index (χ1) is 12.7. The quantitative estimate of drug-likeness (QED) is 0.619. The molecular weight excluding hydrogens is 326 g/mol. The van der Waals surface area contributed by atoms with Gasteiger partial charge in [-0.25, -0.2) is 4.98 Å². The number of aromatic nitrogens is 2. The van der Waals surface area contributed by atoms with Crippen LogP contribution in [0, 0.1) is 0 Å². The number of anilines is 1. The van der Waals surface area contributed by atoms with Gasteiger partial charge in [0.1, 0.15) is 11.4 Å². The smallest absolute Gasteiger partial charge is 0.267 e. The number of nitrogens with zero attached hydrogens (tertiary/aromatic N) is 2. The Morgan fingerprint density at radius 2 is 1.69 bits per heavy atom. The largest absolute Gasteiger partial charge is 0.306 e. The molecule has 0 radical (unpaired) electrons. The standard InChI is InChI=1S/C21H15N3O2/c25-20(23-19-11-4-6-12-22-19)17-14-16(15-8-2-1-3-9-15)18-10-5-7-13-24(18)21(17)26/h1-14H,(H,22,23,25). The van der Waals surface area contributed by atoms with Crippen molar-refractivity contribution in [3.8, 4) is 11.1 Å². The summed E-state index contributed by atoms with van der Waals surface area (Å²) in [5.41, 5.74) is 2.20. The van der Waals surface area contributed by atoms with Crippen molar-refractivity contribution in [1.29, 1.82) is 0 Å². The third-order valence-corrected chi connectivity index (χ3v) is 4.11. The zero-order valence-electron chi connectivity index (χ0n) is 13.8. The molecule has 0 aliphatic rings. The summed E-state index contributed by atoms with van der Waals surface area (Å²) in [7, 11) is 0. The Morgan fingerprint density at radius 1 is 0.923 bits per heavy atom. The fourth-order valence-electron chi connectivity index (χ4n) is 2.88. The van der Waals surface area contributed by atoms with Crippen LogP contribution in [0.5, 0.6) is 0 Å². The molecule has 0 spiro atoms. The number of fused-ring (bicyclic) bond motifs is 1. The molecule has 0 aliphatic carbocycles. The lowest BCUT2D eigenvalue weighted by atomic mass is 10.0. The molecular formula is C21H15N3O2. The summed E-state index contributed by atoms with van der Waals surface area (Å²) < 4.78 is 1.50. The van der Waals surface area contributed by atoms with Crippen LogP contribution in [0.25, 0.3) is 16.6 Å². The highest BCUT2D eigenvalue weighted by Crippen LogP contribution is 2.24. The molecule has 0 aliphatic heterocycles. The van der Waals surface area contributed by atoms with E-state index in [9.17, 15) is 9.59 Å². The van der Waals surface area contributed by atoms with Crippen molar-refractivity contribution < 1.29 is 4.79 Å². The number of carbonyl (C=O) groups excluding carboxylic acids is 1. The van der Waals surface area contributed by atoms with E-state index in [4.69, 9.17) is 0 Å². The summed E-state index contributed by atoms with van der Waals surface area (Å²) in [5.74, 6) is -0.0829. The summed E-state index contributed by atoms with van der Waals surface area (Å²) >= 11 is 0. The topological polar surface area (TPSA) is 63.5 Å². The van der Waals surface area contributed by atoms with Crippen molar-refractivity contribution in [2.45, 2.75) is 0 Å². The predicted molar refractivity (Wildman–Crippen MR) is 101 cm³/mol. The molecule has 0 saturated carbocycles. The number of carbonyl (C=O) groups is 1. The van der Waals surface area contributed by atoms with Gasteiger partial charge in [-0.2, -0.15) is 0 Å². The Balaban J connectivity index is 1.89. The molecule has 126 valence electrons. The van der Waals surface area contributed by atoms with Gasteiger partial charge < -0.3 is 5.32 Å². The Morgan fingerprint density at radius 3 is 2.46 bits per heavy atom. The maximum Gasteiger partial charge on any atom is 0.267 e. The first-order valence-electron chi connectivity index (χ1n) is 8.16. The van der Waals surface area contributed by atoms with Crippen molar-refractivity contribution in [2.24, 2.45) is 0 Å². The van der Waals surface area contributed by atoms with E-state index in [-0.39, 0.29) is 11.1 Å². The van der Waals surface area contributed by atoms with Crippen LogP contribution in [-0.4, -0.2) is 15.3 Å². The second kappa shape index (κ2) is 6.64. The van der Waals surface area contributed by atoms with Gasteiger partial charge in [0.25, 0.3) is 11.5 Å². The summed E-state index contributed by atoms with van der Waals surface area (Å²) in [5, 5.41) is 2.68. The lowest BCUT2D eigenvalue weighted by Gasteiger charge is -2.11. The maximum atomic E-state index is 12.8. The number of pyridine rings is 3. The Kier molecular flexibility index (Phi) is 4.03. The Hall–Kier alpha value is -3.73. The van der Waals surface area contributed by atoms with Crippen LogP contribution in [-0.2, 0) is 0 Å². The minimum atomic E-state index is -0.482. The minimum absolute atomic E-state index is 0.0678. The van der Waals surface area contributed by atoms with E-state index in [2.05, 4.69) is 10.3 Å². The van der Waals surface area contributed by atoms with Crippen LogP contribution >= 0.6 is 0 Å². The highest BCUT2D eigenvalue weighted by Gasteiger charge is 2.16. The molecule has 5 nitrogen and oxygen atoms in total. The Labute approximate surface area is 149 Å². The zero-order valence-corrected chi connectivity index (χ0v) is 13.8. The van der Waals surface area contributed by atoms with Crippen LogP contribution in [0.3, 0.4) is 0 Å². The van der Waals surface area contributed by atoms with Gasteiger partial charge in [0.15, 0.2) is 0 Å². The summed E-state index contributed by atoms with van der Waals surface area (Å²) in [4.78, 5) is 29.6. The predicted octanol–water partition coefficient (Wildman–Crippen LogP) is 3.61.